The number of nitrogens with zero attached hydrogens (tertiary/aromatic N) is 4. The molecule has 2 N–H and O–H groups in total. The SMILES string of the molecule is COc1ccc(C(=O)Nc2ccc(CN3C(=O)[C@@]4(O[C@@H](CCn5cc(CCO)nn5)[C@H](C(C)(C)c5ccc(OC)cc5)[C@H]4C)c4ccccc43)cc2)cc1. The molecule has 0 aliphatic carbocycles. The normalized spacial score (nSPS) is 20.7. The lowest BCUT2D eigenvalue weighted by molar-refractivity contribution is -0.146. The van der Waals surface area contributed by atoms with Crippen molar-refractivity contribution in [3.63, 3.8) is 0 Å². The molecular formula is C43H47N5O6. The van der Waals surface area contributed by atoms with Gasteiger partial charge in [-0.1, -0.05) is 68.4 Å². The number of para-hydroxylation sites is 1. The first-order valence-electron chi connectivity index (χ1n) is 18.4. The summed E-state index contributed by atoms with van der Waals surface area (Å²) < 4.78 is 19.7. The molecule has 11 nitrogen and oxygen atoms in total. The lowest BCUT2D eigenvalue weighted by Crippen LogP contribution is -2.45. The van der Waals surface area contributed by atoms with Gasteiger partial charge in [-0.25, -0.2) is 0 Å². The number of carbonyl (C=O) groups is 2. The number of anilines is 2. The second-order valence-corrected chi connectivity index (χ2v) is 14.7. The summed E-state index contributed by atoms with van der Waals surface area (Å²) in [4.78, 5) is 29.8. The van der Waals surface area contributed by atoms with Gasteiger partial charge in [-0.15, -0.1) is 5.10 Å². The zero-order valence-electron chi connectivity index (χ0n) is 31.4. The van der Waals surface area contributed by atoms with E-state index in [2.05, 4.69) is 48.5 Å². The predicted molar refractivity (Wildman–Crippen MR) is 206 cm³/mol. The van der Waals surface area contributed by atoms with Crippen molar-refractivity contribution in [1.82, 2.24) is 15.0 Å². The van der Waals surface area contributed by atoms with E-state index in [-0.39, 0.29) is 41.8 Å². The highest BCUT2D eigenvalue weighted by Gasteiger charge is 2.65. The number of carbonyl (C=O) groups excluding carboxylic acids is 2. The average Bonchev–Trinajstić information content (AvgIpc) is 3.84. The Labute approximate surface area is 315 Å². The molecule has 1 aromatic heterocycles. The minimum Gasteiger partial charge on any atom is -0.497 e. The Bertz CT molecular complexity index is 2100. The molecule has 0 bridgehead atoms. The second-order valence-electron chi connectivity index (χ2n) is 14.7. The Morgan fingerprint density at radius 3 is 2.28 bits per heavy atom. The number of nitrogens with one attached hydrogen (secondary N) is 1. The number of aryl methyl sites for hydroxylation is 1. The zero-order valence-corrected chi connectivity index (χ0v) is 31.4. The molecule has 54 heavy (non-hydrogen) atoms. The van der Waals surface area contributed by atoms with E-state index in [1.807, 2.05) is 71.8 Å². The molecule has 0 radical (unpaired) electrons. The van der Waals surface area contributed by atoms with Crippen LogP contribution in [0, 0.1) is 11.8 Å². The molecule has 2 aliphatic rings. The number of aromatic nitrogens is 3. The Morgan fingerprint density at radius 2 is 1.61 bits per heavy atom. The van der Waals surface area contributed by atoms with Gasteiger partial charge in [-0.2, -0.15) is 0 Å². The summed E-state index contributed by atoms with van der Waals surface area (Å²) in [5.74, 6) is 0.898. The second kappa shape index (κ2) is 15.1. The van der Waals surface area contributed by atoms with Gasteiger partial charge in [0.25, 0.3) is 11.8 Å². The molecular weight excluding hydrogens is 683 g/mol. The summed E-state index contributed by atoms with van der Waals surface area (Å²) in [6.07, 6.45) is 2.61. The summed E-state index contributed by atoms with van der Waals surface area (Å²) in [7, 11) is 3.25. The smallest absolute Gasteiger partial charge is 0.264 e. The van der Waals surface area contributed by atoms with Gasteiger partial charge in [0, 0.05) is 54.4 Å². The van der Waals surface area contributed by atoms with E-state index < -0.39 is 5.60 Å². The number of ether oxygens (including phenoxy) is 3. The van der Waals surface area contributed by atoms with Crippen molar-refractivity contribution in [3.05, 3.63) is 131 Å². The first kappa shape index (κ1) is 36.8. The molecule has 7 rings (SSSR count). The van der Waals surface area contributed by atoms with E-state index in [1.165, 1.54) is 0 Å². The fourth-order valence-corrected chi connectivity index (χ4v) is 8.45. The number of benzene rings is 4. The third-order valence-corrected chi connectivity index (χ3v) is 11.2. The molecule has 0 saturated carbocycles. The minimum absolute atomic E-state index is 0.00586. The van der Waals surface area contributed by atoms with Crippen LogP contribution in [0.3, 0.4) is 0 Å². The Morgan fingerprint density at radius 1 is 0.944 bits per heavy atom. The summed E-state index contributed by atoms with van der Waals surface area (Å²) in [5.41, 5.74) is 4.06. The third kappa shape index (κ3) is 6.73. The number of rotatable bonds is 13. The van der Waals surface area contributed by atoms with Gasteiger partial charge in [-0.3, -0.25) is 14.3 Å². The van der Waals surface area contributed by atoms with E-state index >= 15 is 4.79 Å². The fourth-order valence-electron chi connectivity index (χ4n) is 8.45. The molecule has 2 aliphatic heterocycles. The van der Waals surface area contributed by atoms with Crippen LogP contribution in [0.1, 0.15) is 59.9 Å². The highest BCUT2D eigenvalue weighted by molar-refractivity contribution is 6.07. The highest BCUT2D eigenvalue weighted by atomic mass is 16.5. The number of hydrogen-bond donors (Lipinski definition) is 2. The van der Waals surface area contributed by atoms with E-state index in [1.54, 1.807) is 43.2 Å². The van der Waals surface area contributed by atoms with Crippen LogP contribution in [0.4, 0.5) is 11.4 Å². The van der Waals surface area contributed by atoms with Gasteiger partial charge in [0.05, 0.1) is 38.2 Å². The molecule has 1 fully saturated rings. The van der Waals surface area contributed by atoms with Gasteiger partial charge in [0.15, 0.2) is 5.60 Å². The van der Waals surface area contributed by atoms with E-state index in [4.69, 9.17) is 14.2 Å². The van der Waals surface area contributed by atoms with Crippen LogP contribution in [-0.4, -0.2) is 58.8 Å². The van der Waals surface area contributed by atoms with E-state index in [9.17, 15) is 9.90 Å². The molecule has 4 atom stereocenters. The summed E-state index contributed by atoms with van der Waals surface area (Å²) in [5, 5.41) is 20.9. The Hall–Kier alpha value is -5.52. The Kier molecular flexibility index (Phi) is 10.3. The molecule has 0 unspecified atom stereocenters. The number of aliphatic hydroxyl groups is 1. The maximum atomic E-state index is 15.1. The number of amides is 2. The number of fused-ring (bicyclic) bond motifs is 2. The molecule has 5 aromatic rings. The monoisotopic (exact) mass is 729 g/mol. The van der Waals surface area contributed by atoms with Crippen molar-refractivity contribution in [2.75, 3.05) is 31.0 Å². The van der Waals surface area contributed by atoms with Crippen LogP contribution in [0.2, 0.25) is 0 Å². The van der Waals surface area contributed by atoms with Crippen molar-refractivity contribution in [1.29, 1.82) is 0 Å². The molecule has 11 heteroatoms. The molecule has 280 valence electrons. The topological polar surface area (TPSA) is 128 Å². The zero-order chi connectivity index (χ0) is 38.0. The summed E-state index contributed by atoms with van der Waals surface area (Å²) >= 11 is 0. The summed E-state index contributed by atoms with van der Waals surface area (Å²) in [6, 6.07) is 30.6. The van der Waals surface area contributed by atoms with Crippen LogP contribution in [0.5, 0.6) is 11.5 Å². The van der Waals surface area contributed by atoms with E-state index in [0.717, 1.165) is 33.8 Å². The van der Waals surface area contributed by atoms with Crippen molar-refractivity contribution in [3.8, 4) is 11.5 Å². The van der Waals surface area contributed by atoms with Crippen molar-refractivity contribution in [2.24, 2.45) is 11.8 Å². The highest BCUT2D eigenvalue weighted by Crippen LogP contribution is 2.60. The molecule has 3 heterocycles. The van der Waals surface area contributed by atoms with Crippen molar-refractivity contribution >= 4 is 23.2 Å². The largest absolute Gasteiger partial charge is 0.497 e. The standard InChI is InChI=1S/C43H47N5O6/c1-28-39(42(2,3)31-14-20-35(53-5)21-15-31)38(22-24-47-27-33(23-25-49)45-46-47)54-43(28)36-8-6-7-9-37(36)48(41(43)51)26-29-10-16-32(17-11-29)44-40(50)30-12-18-34(52-4)19-13-30/h6-21,27-28,38-39,49H,22-26H2,1-5H3,(H,44,50)/t28-,38+,39-,43+/m1/s1. The average molecular weight is 730 g/mol. The molecule has 4 aromatic carbocycles. The van der Waals surface area contributed by atoms with Crippen LogP contribution in [0.25, 0.3) is 0 Å². The number of aliphatic hydroxyl groups excluding tert-OH is 1. The first-order valence-corrected chi connectivity index (χ1v) is 18.4. The predicted octanol–water partition coefficient (Wildman–Crippen LogP) is 6.54. The quantitative estimate of drug-likeness (QED) is 0.140. The lowest BCUT2D eigenvalue weighted by Gasteiger charge is -2.38. The van der Waals surface area contributed by atoms with Crippen molar-refractivity contribution in [2.45, 2.75) is 63.8 Å². The molecule has 1 saturated heterocycles. The number of hydrogen-bond acceptors (Lipinski definition) is 8. The van der Waals surface area contributed by atoms with Crippen LogP contribution < -0.4 is 19.7 Å². The van der Waals surface area contributed by atoms with Gasteiger partial charge in [-0.05, 0) is 77.6 Å². The maximum Gasteiger partial charge on any atom is 0.264 e. The van der Waals surface area contributed by atoms with Gasteiger partial charge in [0.2, 0.25) is 0 Å². The van der Waals surface area contributed by atoms with Crippen LogP contribution in [0.15, 0.2) is 103 Å². The minimum atomic E-state index is -1.20. The van der Waals surface area contributed by atoms with Gasteiger partial charge < -0.3 is 29.5 Å². The van der Waals surface area contributed by atoms with Crippen molar-refractivity contribution < 1.29 is 28.9 Å². The maximum absolute atomic E-state index is 15.1. The Balaban J connectivity index is 1.17. The van der Waals surface area contributed by atoms with Crippen LogP contribution in [-0.2, 0) is 40.1 Å². The van der Waals surface area contributed by atoms with E-state index in [0.29, 0.717) is 42.9 Å². The van der Waals surface area contributed by atoms with Crippen LogP contribution >= 0.6 is 0 Å². The van der Waals surface area contributed by atoms with Gasteiger partial charge in [0.1, 0.15) is 11.5 Å². The lowest BCUT2D eigenvalue weighted by atomic mass is 9.63. The summed E-state index contributed by atoms with van der Waals surface area (Å²) in [6.45, 7) is 7.51. The van der Waals surface area contributed by atoms with Gasteiger partial charge >= 0.3 is 0 Å². The molecule has 2 amide bonds. The number of methoxy groups -OCH3 is 2. The third-order valence-electron chi connectivity index (χ3n) is 11.2. The first-order chi connectivity index (χ1) is 26.1. The molecule has 1 spiro atoms. The fraction of sp³-hybridized carbons (Fsp3) is 0.349.